The van der Waals surface area contributed by atoms with E-state index in [1.54, 1.807) is 41.1 Å². The summed E-state index contributed by atoms with van der Waals surface area (Å²) in [7, 11) is 1.77. The number of nitrogens with zero attached hydrogens (tertiary/aromatic N) is 2. The van der Waals surface area contributed by atoms with Crippen LogP contribution in [0.25, 0.3) is 0 Å². The predicted octanol–water partition coefficient (Wildman–Crippen LogP) is 5.49. The van der Waals surface area contributed by atoms with Gasteiger partial charge in [0.1, 0.15) is 12.4 Å². The van der Waals surface area contributed by atoms with Crippen molar-refractivity contribution in [3.63, 3.8) is 0 Å². The van der Waals surface area contributed by atoms with Crippen molar-refractivity contribution in [1.82, 2.24) is 9.80 Å². The van der Waals surface area contributed by atoms with Crippen LogP contribution in [0.15, 0.2) is 54.6 Å². The number of rotatable bonds is 4. The van der Waals surface area contributed by atoms with E-state index in [-0.39, 0.29) is 12.5 Å². The van der Waals surface area contributed by atoms with Gasteiger partial charge in [-0.15, -0.1) is 0 Å². The lowest BCUT2D eigenvalue weighted by molar-refractivity contribution is -0.150. The summed E-state index contributed by atoms with van der Waals surface area (Å²) in [4.78, 5) is 29.3. The van der Waals surface area contributed by atoms with E-state index in [9.17, 15) is 22.8 Å². The van der Waals surface area contributed by atoms with Crippen molar-refractivity contribution in [3.8, 4) is 5.75 Å². The molecule has 0 saturated heterocycles. The number of benzene rings is 2. The Labute approximate surface area is 204 Å². The Hall–Kier alpha value is -3.03. The molecule has 0 saturated carbocycles. The molecule has 2 aromatic carbocycles. The summed E-state index contributed by atoms with van der Waals surface area (Å²) in [5.74, 6) is -0.263. The average molecular weight is 491 g/mol. The number of hydrogen-bond donors (Lipinski definition) is 0. The van der Waals surface area contributed by atoms with Crippen molar-refractivity contribution in [2.45, 2.75) is 57.2 Å². The van der Waals surface area contributed by atoms with Crippen LogP contribution in [0.2, 0.25) is 0 Å². The average Bonchev–Trinajstić information content (AvgIpc) is 2.84. The lowest BCUT2D eigenvalue weighted by Crippen LogP contribution is -2.46. The Balaban J connectivity index is 1.90. The normalized spacial score (nSPS) is 18.4. The molecular weight excluding hydrogens is 457 g/mol. The van der Waals surface area contributed by atoms with Crippen LogP contribution >= 0.6 is 0 Å². The second-order valence-corrected chi connectivity index (χ2v) is 8.99. The van der Waals surface area contributed by atoms with Crippen LogP contribution in [0.5, 0.6) is 5.75 Å². The Bertz CT molecular complexity index is 966. The molecule has 0 N–H and O–H groups in total. The third-order valence-electron chi connectivity index (χ3n) is 6.24. The standard InChI is InChI=1S/C27H33F3N2O3/c1-31-17-9-2-3-10-18-32(25(33)15-16-27(28,29)30)22(19-21-11-5-4-6-12-21)20-35-24-14-8-7-13-23(24)26(31)34/h4-8,11-14,22H,2-3,9-10,15-20H2,1H3/t22-/m0/s1. The Morgan fingerprint density at radius 1 is 0.971 bits per heavy atom. The molecule has 0 spiro atoms. The molecule has 2 aromatic rings. The molecule has 0 unspecified atom stereocenters. The zero-order valence-corrected chi connectivity index (χ0v) is 20.1. The third-order valence-corrected chi connectivity index (χ3v) is 6.24. The summed E-state index contributed by atoms with van der Waals surface area (Å²) in [6, 6.07) is 16.0. The molecule has 0 aromatic heterocycles. The minimum absolute atomic E-state index is 0.0701. The zero-order valence-electron chi connectivity index (χ0n) is 20.1. The van der Waals surface area contributed by atoms with Gasteiger partial charge < -0.3 is 14.5 Å². The van der Waals surface area contributed by atoms with Gasteiger partial charge in [-0.2, -0.15) is 13.2 Å². The van der Waals surface area contributed by atoms with Gasteiger partial charge in [0.15, 0.2) is 0 Å². The van der Waals surface area contributed by atoms with Crippen molar-refractivity contribution < 1.29 is 27.5 Å². The third kappa shape index (κ3) is 8.30. The molecule has 0 radical (unpaired) electrons. The van der Waals surface area contributed by atoms with Crippen LogP contribution in [0.3, 0.4) is 0 Å². The first-order valence-electron chi connectivity index (χ1n) is 12.1. The van der Waals surface area contributed by atoms with Crippen molar-refractivity contribution in [1.29, 1.82) is 0 Å². The molecule has 0 fully saturated rings. The molecule has 2 amide bonds. The lowest BCUT2D eigenvalue weighted by atomic mass is 10.0. The number of hydrogen-bond acceptors (Lipinski definition) is 3. The minimum atomic E-state index is -4.39. The van der Waals surface area contributed by atoms with E-state index >= 15 is 0 Å². The number of alkyl halides is 3. The molecule has 8 heteroatoms. The number of carbonyl (C=O) groups excluding carboxylic acids is 2. The monoisotopic (exact) mass is 490 g/mol. The number of amides is 2. The molecule has 1 aliphatic heterocycles. The second kappa shape index (κ2) is 12.6. The molecule has 3 rings (SSSR count). The van der Waals surface area contributed by atoms with Crippen LogP contribution in [0.4, 0.5) is 13.2 Å². The number of ether oxygens (including phenoxy) is 1. The largest absolute Gasteiger partial charge is 0.491 e. The maximum absolute atomic E-state index is 13.0. The van der Waals surface area contributed by atoms with Crippen molar-refractivity contribution in [2.24, 2.45) is 0 Å². The molecule has 1 heterocycles. The van der Waals surface area contributed by atoms with E-state index < -0.39 is 31.0 Å². The highest BCUT2D eigenvalue weighted by atomic mass is 19.4. The maximum Gasteiger partial charge on any atom is 0.389 e. The number of carbonyl (C=O) groups is 2. The van der Waals surface area contributed by atoms with Crippen LogP contribution in [0, 0.1) is 0 Å². The van der Waals surface area contributed by atoms with Gasteiger partial charge in [0.05, 0.1) is 18.0 Å². The van der Waals surface area contributed by atoms with Crippen molar-refractivity contribution in [3.05, 3.63) is 65.7 Å². The van der Waals surface area contributed by atoms with Gasteiger partial charge >= 0.3 is 6.18 Å². The first-order chi connectivity index (χ1) is 16.7. The van der Waals surface area contributed by atoms with Crippen LogP contribution < -0.4 is 4.74 Å². The van der Waals surface area contributed by atoms with Gasteiger partial charge in [-0.1, -0.05) is 55.3 Å². The maximum atomic E-state index is 13.0. The highest BCUT2D eigenvalue weighted by Crippen LogP contribution is 2.25. The first-order valence-corrected chi connectivity index (χ1v) is 12.1. The predicted molar refractivity (Wildman–Crippen MR) is 128 cm³/mol. The smallest absolute Gasteiger partial charge is 0.389 e. The summed E-state index contributed by atoms with van der Waals surface area (Å²) >= 11 is 0. The molecule has 1 aliphatic rings. The van der Waals surface area contributed by atoms with Crippen molar-refractivity contribution >= 4 is 11.8 Å². The molecule has 0 bridgehead atoms. The van der Waals surface area contributed by atoms with Gasteiger partial charge in [-0.3, -0.25) is 9.59 Å². The summed E-state index contributed by atoms with van der Waals surface area (Å²) in [6.45, 7) is 1.03. The Morgan fingerprint density at radius 3 is 2.34 bits per heavy atom. The number of para-hydroxylation sites is 1. The SMILES string of the molecule is CN1CCCCCCN(C(=O)CCC(F)(F)F)[C@@H](Cc2ccccc2)COc2ccccc2C1=O. The van der Waals surface area contributed by atoms with Gasteiger partial charge in [-0.25, -0.2) is 0 Å². The topological polar surface area (TPSA) is 49.9 Å². The van der Waals surface area contributed by atoms with Gasteiger partial charge in [0, 0.05) is 26.6 Å². The quantitative estimate of drug-likeness (QED) is 0.569. The van der Waals surface area contributed by atoms with Crippen molar-refractivity contribution in [2.75, 3.05) is 26.7 Å². The summed E-state index contributed by atoms with van der Waals surface area (Å²) < 4.78 is 44.7. The Morgan fingerprint density at radius 2 is 1.63 bits per heavy atom. The van der Waals surface area contributed by atoms with Gasteiger partial charge in [0.25, 0.3) is 5.91 Å². The Kier molecular flexibility index (Phi) is 9.57. The van der Waals surface area contributed by atoms with E-state index in [0.717, 1.165) is 24.8 Å². The summed E-state index contributed by atoms with van der Waals surface area (Å²) in [5.41, 5.74) is 1.39. The highest BCUT2D eigenvalue weighted by Gasteiger charge is 2.31. The van der Waals surface area contributed by atoms with E-state index in [1.807, 2.05) is 30.3 Å². The summed E-state index contributed by atoms with van der Waals surface area (Å²) in [6.07, 6.45) is -2.52. The molecule has 190 valence electrons. The van der Waals surface area contributed by atoms with E-state index in [4.69, 9.17) is 4.74 Å². The molecule has 0 aliphatic carbocycles. The van der Waals surface area contributed by atoms with Gasteiger partial charge in [-0.05, 0) is 37.0 Å². The first kappa shape index (κ1) is 26.6. The highest BCUT2D eigenvalue weighted by molar-refractivity contribution is 5.96. The van der Waals surface area contributed by atoms with Crippen LogP contribution in [-0.4, -0.2) is 60.6 Å². The fraction of sp³-hybridized carbons (Fsp3) is 0.481. The van der Waals surface area contributed by atoms with E-state index in [2.05, 4.69) is 0 Å². The number of halogens is 3. The van der Waals surface area contributed by atoms with Crippen LogP contribution in [-0.2, 0) is 11.2 Å². The molecule has 35 heavy (non-hydrogen) atoms. The fourth-order valence-corrected chi connectivity index (χ4v) is 4.30. The van der Waals surface area contributed by atoms with E-state index in [0.29, 0.717) is 37.2 Å². The molecule has 5 nitrogen and oxygen atoms in total. The zero-order chi connectivity index (χ0) is 25.3. The summed E-state index contributed by atoms with van der Waals surface area (Å²) in [5, 5.41) is 0. The van der Waals surface area contributed by atoms with Crippen LogP contribution in [0.1, 0.15) is 54.4 Å². The fourth-order valence-electron chi connectivity index (χ4n) is 4.30. The lowest BCUT2D eigenvalue weighted by Gasteiger charge is -2.33. The van der Waals surface area contributed by atoms with Gasteiger partial charge in [0.2, 0.25) is 5.91 Å². The van der Waals surface area contributed by atoms with E-state index in [1.165, 1.54) is 0 Å². The molecule has 1 atom stereocenters. The molecular formula is C27H33F3N2O3. The number of fused-ring (bicyclic) bond motifs is 1. The second-order valence-electron chi connectivity index (χ2n) is 8.99. The minimum Gasteiger partial charge on any atom is -0.491 e.